The zero-order valence-corrected chi connectivity index (χ0v) is 15.0. The van der Waals surface area contributed by atoms with Gasteiger partial charge < -0.3 is 15.6 Å². The highest BCUT2D eigenvalue weighted by atomic mass is 32.1. The average molecular weight is 348 g/mol. The summed E-state index contributed by atoms with van der Waals surface area (Å²) in [4.78, 5) is 33.4. The van der Waals surface area contributed by atoms with Crippen LogP contribution in [-0.4, -0.2) is 35.5 Å². The molecule has 1 fully saturated rings. The van der Waals surface area contributed by atoms with Gasteiger partial charge in [-0.2, -0.15) is 0 Å². The van der Waals surface area contributed by atoms with Gasteiger partial charge in [0.05, 0.1) is 5.39 Å². The van der Waals surface area contributed by atoms with Crippen LogP contribution in [0.2, 0.25) is 0 Å². The number of nitrogens with zero attached hydrogens (tertiary/aromatic N) is 1. The van der Waals surface area contributed by atoms with Gasteiger partial charge in [0, 0.05) is 24.3 Å². The van der Waals surface area contributed by atoms with E-state index in [0.717, 1.165) is 41.3 Å². The number of nitrogens with one attached hydrogen (secondary N) is 3. The third kappa shape index (κ3) is 3.84. The Hall–Kier alpha value is -1.73. The number of piperidine rings is 1. The summed E-state index contributed by atoms with van der Waals surface area (Å²) in [5, 5.41) is 7.01. The Balaban J connectivity index is 1.57. The molecule has 1 atom stereocenters. The maximum absolute atomic E-state index is 12.2. The summed E-state index contributed by atoms with van der Waals surface area (Å²) in [5.41, 5.74) is 0.889. The van der Waals surface area contributed by atoms with Crippen LogP contribution in [0.1, 0.15) is 35.5 Å². The quantitative estimate of drug-likeness (QED) is 0.767. The Labute approximate surface area is 145 Å². The summed E-state index contributed by atoms with van der Waals surface area (Å²) in [5.74, 6) is 1.12. The fraction of sp³-hybridized carbons (Fsp3) is 0.588. The lowest BCUT2D eigenvalue weighted by Crippen LogP contribution is -2.38. The third-order valence-electron chi connectivity index (χ3n) is 4.66. The molecule has 1 unspecified atom stereocenters. The van der Waals surface area contributed by atoms with Gasteiger partial charge in [0.25, 0.3) is 5.56 Å². The predicted molar refractivity (Wildman–Crippen MR) is 96.6 cm³/mol. The van der Waals surface area contributed by atoms with Gasteiger partial charge in [-0.25, -0.2) is 4.98 Å². The van der Waals surface area contributed by atoms with E-state index >= 15 is 0 Å². The van der Waals surface area contributed by atoms with Crippen LogP contribution in [0.25, 0.3) is 10.2 Å². The largest absolute Gasteiger partial charge is 0.356 e. The molecule has 6 nitrogen and oxygen atoms in total. The molecule has 2 aromatic heterocycles. The number of aromatic nitrogens is 2. The van der Waals surface area contributed by atoms with Crippen LogP contribution in [0.4, 0.5) is 0 Å². The van der Waals surface area contributed by atoms with Crippen LogP contribution in [0.15, 0.2) is 4.79 Å². The molecule has 3 rings (SSSR count). The molecule has 1 aliphatic rings. The second kappa shape index (κ2) is 7.44. The summed E-state index contributed by atoms with van der Waals surface area (Å²) in [6.07, 6.45) is 3.13. The molecule has 1 amide bonds. The predicted octanol–water partition coefficient (Wildman–Crippen LogP) is 1.65. The van der Waals surface area contributed by atoms with E-state index in [1.807, 2.05) is 13.8 Å². The molecule has 7 heteroatoms. The van der Waals surface area contributed by atoms with Crippen LogP contribution in [0, 0.1) is 19.8 Å². The number of rotatable bonds is 5. The van der Waals surface area contributed by atoms with Crippen molar-refractivity contribution in [3.05, 3.63) is 26.6 Å². The van der Waals surface area contributed by atoms with Gasteiger partial charge in [-0.15, -0.1) is 11.3 Å². The number of fused-ring (bicyclic) bond motifs is 1. The van der Waals surface area contributed by atoms with Gasteiger partial charge in [-0.05, 0) is 51.3 Å². The van der Waals surface area contributed by atoms with Crippen molar-refractivity contribution >= 4 is 27.5 Å². The Morgan fingerprint density at radius 3 is 3.00 bits per heavy atom. The molecular formula is C17H24N4O2S. The topological polar surface area (TPSA) is 86.9 Å². The molecule has 1 aliphatic heterocycles. The van der Waals surface area contributed by atoms with Crippen molar-refractivity contribution in [1.82, 2.24) is 20.6 Å². The summed E-state index contributed by atoms with van der Waals surface area (Å²) in [6, 6.07) is 0. The van der Waals surface area contributed by atoms with Gasteiger partial charge in [0.15, 0.2) is 0 Å². The van der Waals surface area contributed by atoms with E-state index in [1.165, 1.54) is 17.8 Å². The maximum Gasteiger partial charge on any atom is 0.259 e. The lowest BCUT2D eigenvalue weighted by Gasteiger charge is -2.22. The van der Waals surface area contributed by atoms with Gasteiger partial charge in [0.2, 0.25) is 5.91 Å². The molecule has 0 aromatic carbocycles. The Morgan fingerprint density at radius 1 is 1.42 bits per heavy atom. The average Bonchev–Trinajstić information content (AvgIpc) is 2.86. The number of aromatic amines is 1. The first-order valence-corrected chi connectivity index (χ1v) is 9.32. The van der Waals surface area contributed by atoms with Crippen molar-refractivity contribution in [2.75, 3.05) is 19.6 Å². The number of aryl methyl sites for hydroxylation is 3. The molecular weight excluding hydrogens is 324 g/mol. The van der Waals surface area contributed by atoms with Gasteiger partial charge in [0.1, 0.15) is 10.7 Å². The Bertz CT molecular complexity index is 790. The van der Waals surface area contributed by atoms with Crippen molar-refractivity contribution in [2.24, 2.45) is 5.92 Å². The van der Waals surface area contributed by atoms with Crippen molar-refractivity contribution in [2.45, 2.75) is 39.5 Å². The van der Waals surface area contributed by atoms with Gasteiger partial charge in [-0.1, -0.05) is 0 Å². The lowest BCUT2D eigenvalue weighted by atomic mass is 10.00. The van der Waals surface area contributed by atoms with Crippen LogP contribution >= 0.6 is 11.3 Å². The molecule has 1 saturated heterocycles. The highest BCUT2D eigenvalue weighted by molar-refractivity contribution is 7.18. The minimum absolute atomic E-state index is 0.0156. The number of H-pyrrole nitrogens is 1. The molecule has 24 heavy (non-hydrogen) atoms. The minimum atomic E-state index is -0.106. The SMILES string of the molecule is Cc1sc2nc(CCC(=O)NCC3CCCNC3)[nH]c(=O)c2c1C. The van der Waals surface area contributed by atoms with E-state index < -0.39 is 0 Å². The highest BCUT2D eigenvalue weighted by Gasteiger charge is 2.15. The van der Waals surface area contributed by atoms with Crippen molar-refractivity contribution in [3.8, 4) is 0 Å². The third-order valence-corrected chi connectivity index (χ3v) is 5.76. The molecule has 2 aromatic rings. The first-order valence-electron chi connectivity index (χ1n) is 8.51. The molecule has 130 valence electrons. The fourth-order valence-corrected chi connectivity index (χ4v) is 4.14. The van der Waals surface area contributed by atoms with Crippen LogP contribution < -0.4 is 16.2 Å². The molecule has 0 radical (unpaired) electrons. The summed E-state index contributed by atoms with van der Waals surface area (Å²) >= 11 is 1.53. The smallest absolute Gasteiger partial charge is 0.259 e. The highest BCUT2D eigenvalue weighted by Crippen LogP contribution is 2.25. The molecule has 3 heterocycles. The number of hydrogen-bond acceptors (Lipinski definition) is 5. The summed E-state index contributed by atoms with van der Waals surface area (Å²) in [7, 11) is 0. The van der Waals surface area contributed by atoms with E-state index in [0.29, 0.717) is 30.0 Å². The van der Waals surface area contributed by atoms with Crippen molar-refractivity contribution in [3.63, 3.8) is 0 Å². The zero-order chi connectivity index (χ0) is 17.1. The number of thiophene rings is 1. The maximum atomic E-state index is 12.2. The van der Waals surface area contributed by atoms with E-state index in [2.05, 4.69) is 20.6 Å². The van der Waals surface area contributed by atoms with E-state index in [-0.39, 0.29) is 11.5 Å². The number of carbonyl (C=O) groups is 1. The molecule has 0 bridgehead atoms. The first kappa shape index (κ1) is 17.1. The van der Waals surface area contributed by atoms with Crippen LogP contribution in [0.3, 0.4) is 0 Å². The van der Waals surface area contributed by atoms with E-state index in [9.17, 15) is 9.59 Å². The Kier molecular flexibility index (Phi) is 5.30. The number of carbonyl (C=O) groups excluding carboxylic acids is 1. The minimum Gasteiger partial charge on any atom is -0.356 e. The molecule has 0 saturated carbocycles. The first-order chi connectivity index (χ1) is 11.5. The van der Waals surface area contributed by atoms with Gasteiger partial charge >= 0.3 is 0 Å². The van der Waals surface area contributed by atoms with E-state index in [4.69, 9.17) is 0 Å². The lowest BCUT2D eigenvalue weighted by molar-refractivity contribution is -0.121. The Morgan fingerprint density at radius 2 is 2.25 bits per heavy atom. The standard InChI is InChI=1S/C17H24N4O2S/c1-10-11(2)24-17-15(10)16(23)20-13(21-17)5-6-14(22)19-9-12-4-3-7-18-8-12/h12,18H,3-9H2,1-2H3,(H,19,22)(H,20,21,23). The molecule has 0 spiro atoms. The summed E-state index contributed by atoms with van der Waals surface area (Å²) in [6.45, 7) is 6.71. The van der Waals surface area contributed by atoms with Crippen molar-refractivity contribution < 1.29 is 4.79 Å². The number of amides is 1. The zero-order valence-electron chi connectivity index (χ0n) is 14.2. The van der Waals surface area contributed by atoms with Crippen LogP contribution in [0.5, 0.6) is 0 Å². The van der Waals surface area contributed by atoms with E-state index in [1.54, 1.807) is 0 Å². The summed E-state index contributed by atoms with van der Waals surface area (Å²) < 4.78 is 0. The molecule has 3 N–H and O–H groups in total. The normalized spacial score (nSPS) is 18.0. The molecule has 0 aliphatic carbocycles. The second-order valence-electron chi connectivity index (χ2n) is 6.49. The monoisotopic (exact) mass is 348 g/mol. The van der Waals surface area contributed by atoms with Crippen LogP contribution in [-0.2, 0) is 11.2 Å². The number of hydrogen-bond donors (Lipinski definition) is 3. The van der Waals surface area contributed by atoms with Crippen molar-refractivity contribution in [1.29, 1.82) is 0 Å². The second-order valence-corrected chi connectivity index (χ2v) is 7.70. The fourth-order valence-electron chi connectivity index (χ4n) is 3.09. The van der Waals surface area contributed by atoms with Gasteiger partial charge in [-0.3, -0.25) is 9.59 Å².